The molecule has 3 aromatic rings. The molecule has 0 aliphatic rings. The zero-order valence-corrected chi connectivity index (χ0v) is 13.5. The summed E-state index contributed by atoms with van der Waals surface area (Å²) in [5, 5.41) is 13.5. The van der Waals surface area contributed by atoms with Crippen LogP contribution < -0.4 is 5.32 Å². The van der Waals surface area contributed by atoms with Crippen LogP contribution in [0.2, 0.25) is 0 Å². The van der Waals surface area contributed by atoms with E-state index in [1.807, 2.05) is 0 Å². The van der Waals surface area contributed by atoms with Gasteiger partial charge >= 0.3 is 0 Å². The van der Waals surface area contributed by atoms with Crippen LogP contribution in [0.3, 0.4) is 0 Å². The van der Waals surface area contributed by atoms with Crippen molar-refractivity contribution in [1.29, 1.82) is 0 Å². The van der Waals surface area contributed by atoms with Crippen LogP contribution in [-0.4, -0.2) is 25.9 Å². The van der Waals surface area contributed by atoms with Crippen LogP contribution in [0.25, 0.3) is 5.69 Å². The molecule has 1 aromatic carbocycles. The highest BCUT2D eigenvalue weighted by Crippen LogP contribution is 2.18. The van der Waals surface area contributed by atoms with Gasteiger partial charge in [-0.05, 0) is 42.7 Å². The van der Waals surface area contributed by atoms with E-state index in [-0.39, 0.29) is 11.6 Å². The highest BCUT2D eigenvalue weighted by molar-refractivity contribution is 6.02. The molecule has 3 rings (SSSR count). The summed E-state index contributed by atoms with van der Waals surface area (Å²) in [7, 11) is 0. The molecule has 0 unspecified atom stereocenters. The third-order valence-corrected chi connectivity index (χ3v) is 3.45. The van der Waals surface area contributed by atoms with Gasteiger partial charge in [-0.25, -0.2) is 9.07 Å². The summed E-state index contributed by atoms with van der Waals surface area (Å²) in [6.07, 6.45) is 4.03. The summed E-state index contributed by atoms with van der Waals surface area (Å²) in [5.41, 5.74) is 1.86. The summed E-state index contributed by atoms with van der Waals surface area (Å²) in [5.74, 6) is -0.392. The lowest BCUT2D eigenvalue weighted by molar-refractivity contribution is 0.102. The molecule has 24 heavy (non-hydrogen) atoms. The van der Waals surface area contributed by atoms with Gasteiger partial charge in [0.05, 0.1) is 0 Å². The number of benzene rings is 1. The first-order chi connectivity index (χ1) is 11.5. The number of halogens is 1. The fraction of sp³-hybridized carbons (Fsp3) is 0.235. The zero-order chi connectivity index (χ0) is 17.1. The molecule has 0 saturated heterocycles. The van der Waals surface area contributed by atoms with Crippen molar-refractivity contribution in [3.63, 3.8) is 0 Å². The Morgan fingerprint density at radius 1 is 1.38 bits per heavy atom. The molecular weight excluding hydrogens is 309 g/mol. The molecule has 0 bridgehead atoms. The number of hydrogen-bond donors (Lipinski definition) is 2. The fourth-order valence-electron chi connectivity index (χ4n) is 2.40. The van der Waals surface area contributed by atoms with Crippen molar-refractivity contribution in [1.82, 2.24) is 20.0 Å². The molecule has 124 valence electrons. The van der Waals surface area contributed by atoms with Gasteiger partial charge in [0, 0.05) is 23.8 Å². The Hall–Kier alpha value is -2.96. The van der Waals surface area contributed by atoms with Gasteiger partial charge in [-0.3, -0.25) is 9.89 Å². The van der Waals surface area contributed by atoms with Crippen molar-refractivity contribution >= 4 is 11.6 Å². The SMILES string of the molecule is CC(C)Cc1cc(C(=O)Nc2ccc(-n3cccn3)c(F)c2)n[nH]1. The van der Waals surface area contributed by atoms with Gasteiger partial charge in [0.1, 0.15) is 5.69 Å². The summed E-state index contributed by atoms with van der Waals surface area (Å²) >= 11 is 0. The molecule has 0 saturated carbocycles. The van der Waals surface area contributed by atoms with Gasteiger partial charge in [-0.2, -0.15) is 10.2 Å². The van der Waals surface area contributed by atoms with Crippen molar-refractivity contribution in [3.8, 4) is 5.69 Å². The second-order valence-corrected chi connectivity index (χ2v) is 5.95. The highest BCUT2D eigenvalue weighted by Gasteiger charge is 2.13. The topological polar surface area (TPSA) is 75.6 Å². The number of nitrogens with zero attached hydrogens (tertiary/aromatic N) is 3. The van der Waals surface area contributed by atoms with Gasteiger partial charge in [0.25, 0.3) is 5.91 Å². The molecule has 2 heterocycles. The maximum Gasteiger partial charge on any atom is 0.276 e. The van der Waals surface area contributed by atoms with Gasteiger partial charge in [-0.15, -0.1) is 0 Å². The molecule has 0 fully saturated rings. The van der Waals surface area contributed by atoms with Gasteiger partial charge in [0.2, 0.25) is 0 Å². The number of anilines is 1. The number of carbonyl (C=O) groups is 1. The number of aromatic amines is 1. The van der Waals surface area contributed by atoms with E-state index in [0.717, 1.165) is 12.1 Å². The number of rotatable bonds is 5. The lowest BCUT2D eigenvalue weighted by atomic mass is 10.1. The summed E-state index contributed by atoms with van der Waals surface area (Å²) in [4.78, 5) is 12.2. The van der Waals surface area contributed by atoms with Crippen LogP contribution in [0.5, 0.6) is 0 Å². The van der Waals surface area contributed by atoms with Crippen molar-refractivity contribution in [2.45, 2.75) is 20.3 Å². The fourth-order valence-corrected chi connectivity index (χ4v) is 2.40. The Morgan fingerprint density at radius 2 is 2.21 bits per heavy atom. The lowest BCUT2D eigenvalue weighted by Crippen LogP contribution is -2.13. The molecule has 0 aliphatic carbocycles. The number of amides is 1. The Bertz CT molecular complexity index is 839. The molecule has 0 aliphatic heterocycles. The third kappa shape index (κ3) is 3.51. The minimum Gasteiger partial charge on any atom is -0.320 e. The number of aromatic nitrogens is 4. The predicted molar refractivity (Wildman–Crippen MR) is 88.6 cm³/mol. The van der Waals surface area contributed by atoms with E-state index >= 15 is 0 Å². The van der Waals surface area contributed by atoms with E-state index in [1.165, 1.54) is 10.7 Å². The van der Waals surface area contributed by atoms with E-state index < -0.39 is 5.82 Å². The Morgan fingerprint density at radius 3 is 2.88 bits per heavy atom. The first kappa shape index (κ1) is 15.9. The smallest absolute Gasteiger partial charge is 0.276 e. The van der Waals surface area contributed by atoms with Crippen LogP contribution in [-0.2, 0) is 6.42 Å². The first-order valence-electron chi connectivity index (χ1n) is 7.68. The minimum atomic E-state index is -0.473. The maximum atomic E-state index is 14.2. The van der Waals surface area contributed by atoms with Crippen LogP contribution in [0.4, 0.5) is 10.1 Å². The number of nitrogens with one attached hydrogen (secondary N) is 2. The average molecular weight is 327 g/mol. The monoisotopic (exact) mass is 327 g/mol. The van der Waals surface area contributed by atoms with E-state index in [2.05, 4.69) is 34.5 Å². The third-order valence-electron chi connectivity index (χ3n) is 3.45. The van der Waals surface area contributed by atoms with Crippen LogP contribution in [0, 0.1) is 11.7 Å². The molecule has 0 spiro atoms. The molecule has 2 N–H and O–H groups in total. The molecule has 1 amide bonds. The first-order valence-corrected chi connectivity index (χ1v) is 7.68. The quantitative estimate of drug-likeness (QED) is 0.755. The Kier molecular flexibility index (Phi) is 4.41. The molecule has 2 aromatic heterocycles. The van der Waals surface area contributed by atoms with E-state index in [0.29, 0.717) is 17.3 Å². The Labute approximate surface area is 138 Å². The van der Waals surface area contributed by atoms with E-state index in [9.17, 15) is 9.18 Å². The van der Waals surface area contributed by atoms with Crippen molar-refractivity contribution in [2.75, 3.05) is 5.32 Å². The number of H-pyrrole nitrogens is 1. The van der Waals surface area contributed by atoms with Crippen molar-refractivity contribution in [2.24, 2.45) is 5.92 Å². The lowest BCUT2D eigenvalue weighted by Gasteiger charge is -2.07. The van der Waals surface area contributed by atoms with Crippen LogP contribution in [0.1, 0.15) is 30.0 Å². The molecule has 0 atom stereocenters. The summed E-state index contributed by atoms with van der Waals surface area (Å²) in [6, 6.07) is 7.87. The number of carbonyl (C=O) groups excluding carboxylic acids is 1. The largest absolute Gasteiger partial charge is 0.320 e. The summed E-state index contributed by atoms with van der Waals surface area (Å²) in [6.45, 7) is 4.18. The van der Waals surface area contributed by atoms with Gasteiger partial charge in [0.15, 0.2) is 11.5 Å². The van der Waals surface area contributed by atoms with E-state index in [1.54, 1.807) is 36.7 Å². The van der Waals surface area contributed by atoms with Crippen LogP contribution >= 0.6 is 0 Å². The average Bonchev–Trinajstić information content (AvgIpc) is 3.18. The van der Waals surface area contributed by atoms with Crippen molar-refractivity contribution in [3.05, 3.63) is 59.9 Å². The Balaban J connectivity index is 1.72. The molecule has 0 radical (unpaired) electrons. The van der Waals surface area contributed by atoms with Crippen molar-refractivity contribution < 1.29 is 9.18 Å². The van der Waals surface area contributed by atoms with E-state index in [4.69, 9.17) is 0 Å². The van der Waals surface area contributed by atoms with Gasteiger partial charge in [-0.1, -0.05) is 13.8 Å². The molecule has 7 heteroatoms. The zero-order valence-electron chi connectivity index (χ0n) is 13.5. The second-order valence-electron chi connectivity index (χ2n) is 5.95. The standard InChI is InChI=1S/C17H18FN5O/c1-11(2)8-13-10-15(22-21-13)17(24)20-12-4-5-16(14(18)9-12)23-7-3-6-19-23/h3-7,9-11H,8H2,1-2H3,(H,20,24)(H,21,22). The predicted octanol–water partition coefficient (Wildman–Crippen LogP) is 3.19. The van der Waals surface area contributed by atoms with Crippen LogP contribution in [0.15, 0.2) is 42.7 Å². The second kappa shape index (κ2) is 6.66. The number of hydrogen-bond acceptors (Lipinski definition) is 3. The highest BCUT2D eigenvalue weighted by atomic mass is 19.1. The maximum absolute atomic E-state index is 14.2. The summed E-state index contributed by atoms with van der Waals surface area (Å²) < 4.78 is 15.6. The normalized spacial score (nSPS) is 11.0. The molecular formula is C17H18FN5O. The minimum absolute atomic E-state index is 0.280. The van der Waals surface area contributed by atoms with Gasteiger partial charge < -0.3 is 5.32 Å². The molecule has 6 nitrogen and oxygen atoms in total.